The summed E-state index contributed by atoms with van der Waals surface area (Å²) in [5.41, 5.74) is 1.75. The van der Waals surface area contributed by atoms with Crippen molar-refractivity contribution < 1.29 is 26.4 Å². The number of ether oxygens (including phenoxy) is 1. The van der Waals surface area contributed by atoms with Crippen LogP contribution in [0.4, 0.5) is 0 Å². The van der Waals surface area contributed by atoms with E-state index < -0.39 is 20.0 Å². The Labute approximate surface area is 200 Å². The molecule has 0 aromatic heterocycles. The molecule has 5 rings (SSSR count). The first kappa shape index (κ1) is 23.6. The summed E-state index contributed by atoms with van der Waals surface area (Å²) < 4.78 is 62.4. The zero-order valence-corrected chi connectivity index (χ0v) is 20.4. The molecule has 0 atom stereocenters. The van der Waals surface area contributed by atoms with Crippen molar-refractivity contribution in [3.63, 3.8) is 0 Å². The number of benzene rings is 2. The maximum Gasteiger partial charge on any atom is 0.240 e. The molecule has 1 heterocycles. The van der Waals surface area contributed by atoms with Crippen LogP contribution in [0.3, 0.4) is 0 Å². The standard InChI is InChI=1S/C24H28N2O6S2/c27-24-22-14-18(33(28,29)25-16-4-2-1-3-5-16)6-8-20(22)21-9-7-19(15-23(21)24)34(30,31)26-17-10-12-32-13-11-17/h6-9,14-17,25-26H,1-5,10-13H2. The molecule has 3 aliphatic rings. The van der Waals surface area contributed by atoms with Crippen LogP contribution in [0, 0.1) is 0 Å². The van der Waals surface area contributed by atoms with Gasteiger partial charge in [0.05, 0.1) is 9.79 Å². The van der Waals surface area contributed by atoms with Crippen LogP contribution in [0.15, 0.2) is 46.2 Å². The quantitative estimate of drug-likeness (QED) is 0.533. The molecule has 0 amide bonds. The molecule has 0 unspecified atom stereocenters. The summed E-state index contributed by atoms with van der Waals surface area (Å²) >= 11 is 0. The predicted molar refractivity (Wildman–Crippen MR) is 127 cm³/mol. The van der Waals surface area contributed by atoms with E-state index in [4.69, 9.17) is 4.74 Å². The lowest BCUT2D eigenvalue weighted by atomic mass is 9.96. The summed E-state index contributed by atoms with van der Waals surface area (Å²) in [4.78, 5) is 13.2. The Morgan fingerprint density at radius 3 is 1.62 bits per heavy atom. The largest absolute Gasteiger partial charge is 0.381 e. The molecular formula is C24H28N2O6S2. The van der Waals surface area contributed by atoms with E-state index in [1.54, 1.807) is 12.1 Å². The molecule has 0 spiro atoms. The van der Waals surface area contributed by atoms with Crippen molar-refractivity contribution in [2.75, 3.05) is 13.2 Å². The highest BCUT2D eigenvalue weighted by atomic mass is 32.2. The van der Waals surface area contributed by atoms with Gasteiger partial charge < -0.3 is 4.74 Å². The lowest BCUT2D eigenvalue weighted by Crippen LogP contribution is -2.38. The van der Waals surface area contributed by atoms with Crippen LogP contribution in [0.2, 0.25) is 0 Å². The monoisotopic (exact) mass is 504 g/mol. The van der Waals surface area contributed by atoms with E-state index in [2.05, 4.69) is 9.44 Å². The number of nitrogens with one attached hydrogen (secondary N) is 2. The smallest absolute Gasteiger partial charge is 0.240 e. The van der Waals surface area contributed by atoms with Crippen molar-refractivity contribution in [1.82, 2.24) is 9.44 Å². The number of carbonyl (C=O) groups is 1. The van der Waals surface area contributed by atoms with Crippen LogP contribution in [-0.4, -0.2) is 47.9 Å². The van der Waals surface area contributed by atoms with E-state index >= 15 is 0 Å². The summed E-state index contributed by atoms with van der Waals surface area (Å²) in [5.74, 6) is -0.372. The van der Waals surface area contributed by atoms with Crippen LogP contribution in [-0.2, 0) is 24.8 Å². The van der Waals surface area contributed by atoms with Crippen LogP contribution in [0.1, 0.15) is 60.9 Å². The topological polar surface area (TPSA) is 119 Å². The van der Waals surface area contributed by atoms with Gasteiger partial charge in [0.1, 0.15) is 0 Å². The Bertz CT molecular complexity index is 1220. The summed E-state index contributed by atoms with van der Waals surface area (Å²) in [7, 11) is -7.56. The molecule has 0 radical (unpaired) electrons. The first-order valence-electron chi connectivity index (χ1n) is 11.7. The minimum Gasteiger partial charge on any atom is -0.381 e. The van der Waals surface area contributed by atoms with Gasteiger partial charge in [-0.1, -0.05) is 31.4 Å². The number of rotatable bonds is 6. The number of ketones is 1. The van der Waals surface area contributed by atoms with Gasteiger partial charge in [-0.2, -0.15) is 0 Å². The van der Waals surface area contributed by atoms with Gasteiger partial charge in [0, 0.05) is 36.4 Å². The van der Waals surface area contributed by atoms with Gasteiger partial charge in [-0.05, 0) is 61.1 Å². The molecule has 10 heteroatoms. The van der Waals surface area contributed by atoms with Crippen molar-refractivity contribution in [1.29, 1.82) is 0 Å². The van der Waals surface area contributed by atoms with Gasteiger partial charge in [0.15, 0.2) is 5.78 Å². The minimum absolute atomic E-state index is 0.0192. The molecule has 2 aliphatic carbocycles. The SMILES string of the molecule is O=C1c2cc(S(=O)(=O)NC3CCCCC3)ccc2-c2ccc(S(=O)(=O)NC3CCOCC3)cc21. The molecular weight excluding hydrogens is 476 g/mol. The average molecular weight is 505 g/mol. The zero-order valence-electron chi connectivity index (χ0n) is 18.7. The molecule has 2 aromatic rings. The molecule has 0 bridgehead atoms. The third kappa shape index (κ3) is 4.57. The zero-order chi connectivity index (χ0) is 23.9. The molecule has 2 N–H and O–H groups in total. The van der Waals surface area contributed by atoms with Gasteiger partial charge >= 0.3 is 0 Å². The number of fused-ring (bicyclic) bond motifs is 3. The number of carbonyl (C=O) groups excluding carboxylic acids is 1. The van der Waals surface area contributed by atoms with Gasteiger partial charge in [-0.3, -0.25) is 4.79 Å². The first-order chi connectivity index (χ1) is 16.2. The minimum atomic E-state index is -3.80. The number of hydrogen-bond acceptors (Lipinski definition) is 6. The Kier molecular flexibility index (Phi) is 6.36. The number of hydrogen-bond donors (Lipinski definition) is 2. The summed E-state index contributed by atoms with van der Waals surface area (Å²) in [6, 6.07) is 8.72. The van der Waals surface area contributed by atoms with E-state index in [1.165, 1.54) is 24.3 Å². The van der Waals surface area contributed by atoms with Crippen molar-refractivity contribution in [3.8, 4) is 11.1 Å². The Morgan fingerprint density at radius 1 is 0.647 bits per heavy atom. The molecule has 34 heavy (non-hydrogen) atoms. The summed E-state index contributed by atoms with van der Waals surface area (Å²) in [6.45, 7) is 1.01. The molecule has 8 nitrogen and oxygen atoms in total. The lowest BCUT2D eigenvalue weighted by Gasteiger charge is -2.23. The highest BCUT2D eigenvalue weighted by molar-refractivity contribution is 7.89. The molecule has 2 aromatic carbocycles. The van der Waals surface area contributed by atoms with Crippen LogP contribution >= 0.6 is 0 Å². The highest BCUT2D eigenvalue weighted by Gasteiger charge is 2.32. The number of sulfonamides is 2. The molecule has 1 aliphatic heterocycles. The van der Waals surface area contributed by atoms with E-state index in [-0.39, 0.29) is 38.8 Å². The van der Waals surface area contributed by atoms with Gasteiger partial charge in [0.25, 0.3) is 0 Å². The van der Waals surface area contributed by atoms with Crippen LogP contribution in [0.25, 0.3) is 11.1 Å². The Morgan fingerprint density at radius 2 is 1.12 bits per heavy atom. The van der Waals surface area contributed by atoms with E-state index in [1.807, 2.05) is 0 Å². The fourth-order valence-corrected chi connectivity index (χ4v) is 7.64. The van der Waals surface area contributed by atoms with Crippen molar-refractivity contribution in [3.05, 3.63) is 47.5 Å². The fourth-order valence-electron chi connectivity index (χ4n) is 4.98. The van der Waals surface area contributed by atoms with Gasteiger partial charge in [-0.25, -0.2) is 26.3 Å². The normalized spacial score (nSPS) is 19.7. The maximum atomic E-state index is 13.2. The van der Waals surface area contributed by atoms with E-state index in [9.17, 15) is 21.6 Å². The van der Waals surface area contributed by atoms with Gasteiger partial charge in [0.2, 0.25) is 20.0 Å². The fraction of sp³-hybridized carbons (Fsp3) is 0.458. The van der Waals surface area contributed by atoms with Crippen molar-refractivity contribution >= 4 is 25.8 Å². The predicted octanol–water partition coefficient (Wildman–Crippen LogP) is 2.97. The highest BCUT2D eigenvalue weighted by Crippen LogP contribution is 2.39. The third-order valence-corrected chi connectivity index (χ3v) is 9.89. The molecule has 1 saturated heterocycles. The third-order valence-electron chi connectivity index (χ3n) is 6.85. The van der Waals surface area contributed by atoms with E-state index in [0.29, 0.717) is 37.2 Å². The Hall–Kier alpha value is -2.11. The Balaban J connectivity index is 1.40. The second kappa shape index (κ2) is 9.16. The molecule has 2 fully saturated rings. The summed E-state index contributed by atoms with van der Waals surface area (Å²) in [6.07, 6.45) is 5.94. The van der Waals surface area contributed by atoms with Gasteiger partial charge in [-0.15, -0.1) is 0 Å². The second-order valence-electron chi connectivity index (χ2n) is 9.21. The second-order valence-corrected chi connectivity index (χ2v) is 12.6. The van der Waals surface area contributed by atoms with E-state index in [0.717, 1.165) is 32.1 Å². The maximum absolute atomic E-state index is 13.2. The lowest BCUT2D eigenvalue weighted by molar-refractivity contribution is 0.0832. The molecule has 1 saturated carbocycles. The average Bonchev–Trinajstić information content (AvgIpc) is 3.11. The first-order valence-corrected chi connectivity index (χ1v) is 14.7. The molecule has 182 valence electrons. The van der Waals surface area contributed by atoms with Crippen molar-refractivity contribution in [2.45, 2.75) is 66.8 Å². The van der Waals surface area contributed by atoms with Crippen molar-refractivity contribution in [2.24, 2.45) is 0 Å². The van der Waals surface area contributed by atoms with Crippen LogP contribution < -0.4 is 9.44 Å². The van der Waals surface area contributed by atoms with Crippen LogP contribution in [0.5, 0.6) is 0 Å². The summed E-state index contributed by atoms with van der Waals surface area (Å²) in [5, 5.41) is 0.